The number of thiocarbonyl (C=S) groups is 1. The first-order valence-corrected chi connectivity index (χ1v) is 25.7. The number of nitrogens with zero attached hydrogens (tertiary/aromatic N) is 4. The number of carbonyl (C=O) groups excluding carboxylic acids is 3. The number of carbonyl (C=O) groups is 3. The van der Waals surface area contributed by atoms with Crippen molar-refractivity contribution >= 4 is 63.6 Å². The number of methoxy groups -OCH3 is 2. The lowest BCUT2D eigenvalue weighted by Gasteiger charge is -2.20. The van der Waals surface area contributed by atoms with E-state index < -0.39 is 24.1 Å². The highest BCUT2D eigenvalue weighted by molar-refractivity contribution is 7.80. The van der Waals surface area contributed by atoms with Gasteiger partial charge in [-0.25, -0.2) is 14.6 Å². The van der Waals surface area contributed by atoms with E-state index in [9.17, 15) is 40.7 Å². The first-order valence-electron chi connectivity index (χ1n) is 25.3. The molecule has 0 spiro atoms. The monoisotopic (exact) mass is 1160 g/mol. The van der Waals surface area contributed by atoms with Gasteiger partial charge < -0.3 is 47.2 Å². The highest BCUT2D eigenvalue weighted by Gasteiger charge is 2.33. The Morgan fingerprint density at radius 2 is 1.54 bits per heavy atom. The van der Waals surface area contributed by atoms with Crippen LogP contribution in [0.2, 0.25) is 0 Å². The molecule has 18 nitrogen and oxygen atoms in total. The van der Waals surface area contributed by atoms with Crippen LogP contribution < -0.4 is 59.2 Å². The van der Waals surface area contributed by atoms with E-state index in [4.69, 9.17) is 39.6 Å². The average Bonchev–Trinajstić information content (AvgIpc) is 4.10. The standard InChI is InChI=1S/C28H30F3N7O2.C20H24F2N4O.C8H14N2O2S.CH3F/c1-16(2)36-14-21-8-22(28(29,30)31)10-24(26(21)40-4)37-27(39)19-6-5-17(3)25(9-19)38(34)15-23(33)20-7-18(11-32)12-35-13-20;1-13-4-5-15(11-18(13)25-23)20(27)24-17-9-14(8-16(10-17)19(21)22)12-26-6-2-3-7-26;1-6(2)4-9-8(13)10-5-7(11)12-3;1-2/h5-10,12-13,15-16,36H,14,33-34H2,1-4H3,(H,37,39);4-5,8-11,19,25H,2-3,6-7,12,23H2,1H3,(H,24,27);4H,5H2,1-3H3,(H2,9,10,13);1H3/b23-15-;;;. The minimum atomic E-state index is -4.63. The number of pyridine rings is 1. The van der Waals surface area contributed by atoms with Crippen molar-refractivity contribution in [2.45, 2.75) is 86.1 Å². The van der Waals surface area contributed by atoms with Gasteiger partial charge in [-0.2, -0.15) is 18.4 Å². The molecule has 0 bridgehead atoms. The van der Waals surface area contributed by atoms with Crippen LogP contribution in [0.4, 0.5) is 49.1 Å². The van der Waals surface area contributed by atoms with Gasteiger partial charge in [0.25, 0.3) is 18.2 Å². The van der Waals surface area contributed by atoms with Crippen LogP contribution in [0.15, 0.2) is 103 Å². The number of nitrogen functional groups attached to an aromatic ring is 1. The fourth-order valence-electron chi connectivity index (χ4n) is 7.62. The molecule has 82 heavy (non-hydrogen) atoms. The Kier molecular flexibility index (Phi) is 27.8. The van der Waals surface area contributed by atoms with Gasteiger partial charge in [-0.3, -0.25) is 39.5 Å². The molecule has 4 aromatic carbocycles. The molecule has 0 saturated carbocycles. The average molecular weight is 1160 g/mol. The molecule has 1 fully saturated rings. The van der Waals surface area contributed by atoms with Crippen molar-refractivity contribution in [3.05, 3.63) is 159 Å². The van der Waals surface area contributed by atoms with E-state index >= 15 is 0 Å². The Morgan fingerprint density at radius 3 is 2.12 bits per heavy atom. The highest BCUT2D eigenvalue weighted by atomic mass is 32.1. The van der Waals surface area contributed by atoms with E-state index in [1.165, 1.54) is 62.1 Å². The fourth-order valence-corrected chi connectivity index (χ4v) is 7.75. The molecule has 1 aromatic heterocycles. The van der Waals surface area contributed by atoms with Crippen LogP contribution in [0.1, 0.15) is 112 Å². The van der Waals surface area contributed by atoms with Gasteiger partial charge in [0.05, 0.1) is 55.3 Å². The number of amides is 2. The van der Waals surface area contributed by atoms with E-state index in [1.807, 2.05) is 40.7 Å². The molecule has 442 valence electrons. The number of aryl methyl sites for hydroxylation is 2. The number of nitrogens with two attached hydrogens (primary N) is 3. The summed E-state index contributed by atoms with van der Waals surface area (Å²) in [7, 11) is 3.16. The quantitative estimate of drug-likeness (QED) is 0.0130. The van der Waals surface area contributed by atoms with Crippen LogP contribution >= 0.6 is 12.2 Å². The largest absolute Gasteiger partial charge is 0.494 e. The number of hydrogen-bond donors (Lipinski definition) is 9. The summed E-state index contributed by atoms with van der Waals surface area (Å²) in [6.45, 7) is 14.0. The molecule has 1 saturated heterocycles. The summed E-state index contributed by atoms with van der Waals surface area (Å²) < 4.78 is 86.9. The fraction of sp³-hybridized carbons (Fsp3) is 0.333. The van der Waals surface area contributed by atoms with Crippen molar-refractivity contribution in [2.24, 2.45) is 17.4 Å². The second-order valence-electron chi connectivity index (χ2n) is 18.8. The number of benzene rings is 4. The van der Waals surface area contributed by atoms with Gasteiger partial charge in [-0.1, -0.05) is 31.6 Å². The molecule has 6 rings (SSSR count). The molecule has 12 N–H and O–H groups in total. The molecule has 2 amide bonds. The number of allylic oxidation sites excluding steroid dienone is 1. The third-order valence-corrected chi connectivity index (χ3v) is 12.0. The van der Waals surface area contributed by atoms with Crippen molar-refractivity contribution in [1.29, 1.82) is 5.26 Å². The Morgan fingerprint density at radius 1 is 0.890 bits per heavy atom. The van der Waals surface area contributed by atoms with Crippen molar-refractivity contribution in [1.82, 2.24) is 25.8 Å². The van der Waals surface area contributed by atoms with Crippen LogP contribution in [-0.4, -0.2) is 79.9 Å². The zero-order chi connectivity index (χ0) is 61.3. The maximum atomic E-state index is 13.7. The molecule has 0 aliphatic carbocycles. The first-order chi connectivity index (χ1) is 38.8. The molecule has 0 atom stereocenters. The van der Waals surface area contributed by atoms with Crippen LogP contribution in [-0.2, 0) is 28.8 Å². The van der Waals surface area contributed by atoms with E-state index in [-0.39, 0.29) is 64.8 Å². The molecule has 1 aliphatic rings. The van der Waals surface area contributed by atoms with Crippen LogP contribution in [0.25, 0.3) is 5.70 Å². The molecule has 1 aliphatic heterocycles. The Hall–Kier alpha value is -8.28. The number of nitriles is 1. The van der Waals surface area contributed by atoms with Gasteiger partial charge in [0.15, 0.2) is 5.11 Å². The van der Waals surface area contributed by atoms with E-state index in [1.54, 1.807) is 49.5 Å². The van der Waals surface area contributed by atoms with Crippen LogP contribution in [0, 0.1) is 25.2 Å². The van der Waals surface area contributed by atoms with E-state index in [2.05, 4.69) is 46.6 Å². The third-order valence-electron chi connectivity index (χ3n) is 11.8. The maximum absolute atomic E-state index is 13.7. The molecule has 0 unspecified atom stereocenters. The zero-order valence-corrected chi connectivity index (χ0v) is 47.9. The summed E-state index contributed by atoms with van der Waals surface area (Å²) in [5, 5.41) is 24.6. The number of alkyl halides is 6. The molecule has 0 radical (unpaired) electrons. The number of nitrogens with one attached hydrogen (secondary N) is 6. The highest BCUT2D eigenvalue weighted by Crippen LogP contribution is 2.38. The van der Waals surface area contributed by atoms with E-state index in [0.717, 1.165) is 54.8 Å². The molecule has 5 aromatic rings. The number of rotatable bonds is 18. The maximum Gasteiger partial charge on any atom is 0.416 e. The summed E-state index contributed by atoms with van der Waals surface area (Å²) in [5.41, 5.74) is 14.3. The SMILES string of the molecule is CF.COC(=O)CNC(=S)NC=C(C)C.COc1c(CNC(C)C)cc(C(F)(F)F)cc1NC(=O)c1ccc(C)c(N(N)/C=C(\N)c2cncc(C#N)c2)c1.Cc1ccc(C(=O)Nc2cc(CN3CCCC3)cc(C(F)F)c2)cc1NN. The summed E-state index contributed by atoms with van der Waals surface area (Å²) in [6.07, 6.45) is 1.07. The zero-order valence-electron chi connectivity index (χ0n) is 47.1. The topological polar surface area (TPSA) is 263 Å². The van der Waals surface area contributed by atoms with Crippen molar-refractivity contribution in [2.75, 3.05) is 62.1 Å². The Labute approximate surface area is 479 Å². The Bertz CT molecular complexity index is 3070. The predicted molar refractivity (Wildman–Crippen MR) is 312 cm³/mol. The lowest BCUT2D eigenvalue weighted by atomic mass is 10.1. The summed E-state index contributed by atoms with van der Waals surface area (Å²) >= 11 is 4.86. The van der Waals surface area contributed by atoms with Crippen molar-refractivity contribution in [3.8, 4) is 11.8 Å². The minimum Gasteiger partial charge on any atom is -0.494 e. The van der Waals surface area contributed by atoms with E-state index in [0.29, 0.717) is 58.2 Å². The number of aromatic nitrogens is 1. The minimum absolute atomic E-state index is 0.0112. The smallest absolute Gasteiger partial charge is 0.416 e. The summed E-state index contributed by atoms with van der Waals surface area (Å²) in [6, 6.07) is 19.7. The number of likely N-dealkylation sites (tertiary alicyclic amines) is 1. The van der Waals surface area contributed by atoms with Gasteiger partial charge in [-0.15, -0.1) is 0 Å². The second kappa shape index (κ2) is 33.5. The lowest BCUT2D eigenvalue weighted by Crippen LogP contribution is -2.36. The molecular formula is C57H71F6N13O5S. The van der Waals surface area contributed by atoms with Gasteiger partial charge in [0.2, 0.25) is 0 Å². The summed E-state index contributed by atoms with van der Waals surface area (Å²) in [5.74, 6) is 10.4. The molecule has 25 heteroatoms. The number of esters is 1. The third kappa shape index (κ3) is 22.0. The Balaban J connectivity index is 0.000000360. The van der Waals surface area contributed by atoms with Gasteiger partial charge >= 0.3 is 12.1 Å². The number of hydrazine groups is 2. The number of halogens is 6. The second-order valence-corrected chi connectivity index (χ2v) is 19.2. The van der Waals surface area contributed by atoms with Gasteiger partial charge in [-0.05, 0) is 143 Å². The van der Waals surface area contributed by atoms with Crippen LogP contribution in [0.5, 0.6) is 5.75 Å². The summed E-state index contributed by atoms with van der Waals surface area (Å²) in [4.78, 5) is 42.6. The molecular weight excluding hydrogens is 1090 g/mol. The van der Waals surface area contributed by atoms with Gasteiger partial charge in [0.1, 0.15) is 18.4 Å². The van der Waals surface area contributed by atoms with Crippen molar-refractivity contribution in [3.63, 3.8) is 0 Å². The predicted octanol–water partition coefficient (Wildman–Crippen LogP) is 9.88. The number of anilines is 4. The lowest BCUT2D eigenvalue weighted by molar-refractivity contribution is -0.139. The van der Waals surface area contributed by atoms with Gasteiger partial charge in [0, 0.05) is 77.4 Å². The number of hydrogen-bond acceptors (Lipinski definition) is 15. The number of ether oxygens (including phenoxy) is 2. The van der Waals surface area contributed by atoms with Crippen molar-refractivity contribution < 1.29 is 50.2 Å². The van der Waals surface area contributed by atoms with Crippen LogP contribution in [0.3, 0.4) is 0 Å². The first kappa shape index (κ1) is 68.0. The normalized spacial score (nSPS) is 12.0. The molecule has 2 heterocycles.